The van der Waals surface area contributed by atoms with E-state index in [4.69, 9.17) is 19.7 Å². The predicted molar refractivity (Wildman–Crippen MR) is 63.4 cm³/mol. The number of hydrogen-bond acceptors (Lipinski definition) is 7. The van der Waals surface area contributed by atoms with E-state index in [1.54, 1.807) is 6.92 Å². The van der Waals surface area contributed by atoms with E-state index in [0.717, 1.165) is 0 Å². The summed E-state index contributed by atoms with van der Waals surface area (Å²) in [6.45, 7) is 3.09. The molecule has 8 heteroatoms. The fourth-order valence-corrected chi connectivity index (χ4v) is 1.99. The molecule has 19 heavy (non-hydrogen) atoms. The molecule has 0 saturated carbocycles. The number of ether oxygens (including phenoxy) is 2. The molecule has 112 valence electrons. The van der Waals surface area contributed by atoms with Crippen LogP contribution in [0.2, 0.25) is 0 Å². The van der Waals surface area contributed by atoms with E-state index < -0.39 is 49.3 Å². The van der Waals surface area contributed by atoms with Crippen molar-refractivity contribution in [1.29, 1.82) is 0 Å². The molecule has 0 aromatic rings. The molecule has 5 N–H and O–H groups in total. The minimum absolute atomic E-state index is 0.475. The zero-order valence-corrected chi connectivity index (χ0v) is 10.9. The van der Waals surface area contributed by atoms with Gasteiger partial charge in [0.15, 0.2) is 12.4 Å². The Morgan fingerprint density at radius 1 is 1.47 bits per heavy atom. The molecule has 0 spiro atoms. The largest absolute Gasteiger partial charge is 0.479 e. The van der Waals surface area contributed by atoms with Crippen molar-refractivity contribution in [2.45, 2.75) is 50.6 Å². The van der Waals surface area contributed by atoms with Crippen molar-refractivity contribution in [2.24, 2.45) is 0 Å². The first-order valence-corrected chi connectivity index (χ1v) is 6.16. The van der Waals surface area contributed by atoms with Gasteiger partial charge in [0.1, 0.15) is 18.3 Å². The Morgan fingerprint density at radius 2 is 2.11 bits per heavy atom. The number of aliphatic carboxylic acids is 1. The lowest BCUT2D eigenvalue weighted by atomic mass is 9.96. The van der Waals surface area contributed by atoms with Crippen molar-refractivity contribution < 1.29 is 34.7 Å². The lowest BCUT2D eigenvalue weighted by Gasteiger charge is -2.43. The van der Waals surface area contributed by atoms with Gasteiger partial charge in [0, 0.05) is 0 Å². The van der Waals surface area contributed by atoms with Crippen molar-refractivity contribution in [1.82, 2.24) is 5.32 Å². The zero-order chi connectivity index (χ0) is 14.6. The van der Waals surface area contributed by atoms with E-state index in [2.05, 4.69) is 5.32 Å². The summed E-state index contributed by atoms with van der Waals surface area (Å²) >= 11 is 0. The van der Waals surface area contributed by atoms with Gasteiger partial charge in [-0.1, -0.05) is 6.92 Å². The molecule has 1 fully saturated rings. The second-order valence-electron chi connectivity index (χ2n) is 4.40. The molecule has 1 unspecified atom stereocenters. The first kappa shape index (κ1) is 16.3. The number of carboxylic acids is 1. The van der Waals surface area contributed by atoms with E-state index in [0.29, 0.717) is 6.54 Å². The summed E-state index contributed by atoms with van der Waals surface area (Å²) in [5.74, 6) is -1.18. The second-order valence-corrected chi connectivity index (χ2v) is 4.40. The Labute approximate surface area is 110 Å². The maximum atomic E-state index is 10.8. The normalized spacial score (nSPS) is 37.0. The highest BCUT2D eigenvalue weighted by Crippen LogP contribution is 2.23. The van der Waals surface area contributed by atoms with Gasteiger partial charge in [-0.2, -0.15) is 0 Å². The summed E-state index contributed by atoms with van der Waals surface area (Å²) in [4.78, 5) is 10.8. The SMILES string of the molecule is CCN[C@H]1C(O)O[C@H](CO)[C@@H](O)[C@@H]1O[C@H](C)C(=O)O. The standard InChI is InChI=1S/C11H21NO7/c1-3-12-7-9(18-5(2)10(15)16)8(14)6(4-13)19-11(7)17/h5-9,11-14,17H,3-4H2,1-2H3,(H,15,16)/t5-,6-,7-,8-,9-,11?/m1/s1. The number of rotatable bonds is 6. The third-order valence-electron chi connectivity index (χ3n) is 3.02. The minimum atomic E-state index is -1.30. The summed E-state index contributed by atoms with van der Waals surface area (Å²) in [6.07, 6.45) is -5.70. The van der Waals surface area contributed by atoms with E-state index in [-0.39, 0.29) is 0 Å². The summed E-state index contributed by atoms with van der Waals surface area (Å²) in [5.41, 5.74) is 0. The number of likely N-dealkylation sites (N-methyl/N-ethyl adjacent to an activating group) is 1. The zero-order valence-electron chi connectivity index (χ0n) is 10.9. The molecule has 1 rings (SSSR count). The van der Waals surface area contributed by atoms with Crippen molar-refractivity contribution in [3.8, 4) is 0 Å². The maximum Gasteiger partial charge on any atom is 0.332 e. The molecule has 1 aliphatic rings. The van der Waals surface area contributed by atoms with Gasteiger partial charge >= 0.3 is 5.97 Å². The molecule has 6 atom stereocenters. The van der Waals surface area contributed by atoms with Gasteiger partial charge in [0.25, 0.3) is 0 Å². The van der Waals surface area contributed by atoms with Crippen LogP contribution < -0.4 is 5.32 Å². The molecule has 8 nitrogen and oxygen atoms in total. The Morgan fingerprint density at radius 3 is 2.58 bits per heavy atom. The monoisotopic (exact) mass is 279 g/mol. The quantitative estimate of drug-likeness (QED) is 0.374. The Kier molecular flexibility index (Phi) is 6.11. The van der Waals surface area contributed by atoms with Crippen LogP contribution in [0.1, 0.15) is 13.8 Å². The molecule has 0 aliphatic carbocycles. The van der Waals surface area contributed by atoms with Crippen LogP contribution in [-0.4, -0.2) is 76.3 Å². The van der Waals surface area contributed by atoms with Crippen molar-refractivity contribution in [3.63, 3.8) is 0 Å². The van der Waals surface area contributed by atoms with Crippen molar-refractivity contribution >= 4 is 5.97 Å². The third-order valence-corrected chi connectivity index (χ3v) is 3.02. The molecule has 0 aromatic heterocycles. The third kappa shape index (κ3) is 3.85. The molecule has 1 aliphatic heterocycles. The number of aliphatic hydroxyl groups is 3. The molecule has 0 bridgehead atoms. The Hall–Kier alpha value is -0.770. The summed E-state index contributed by atoms with van der Waals surface area (Å²) in [7, 11) is 0. The summed E-state index contributed by atoms with van der Waals surface area (Å²) in [6, 6.07) is -0.774. The van der Waals surface area contributed by atoms with Gasteiger partial charge in [-0.15, -0.1) is 0 Å². The highest BCUT2D eigenvalue weighted by atomic mass is 16.6. The molecular weight excluding hydrogens is 258 g/mol. The van der Waals surface area contributed by atoms with Crippen LogP contribution in [0.4, 0.5) is 0 Å². The van der Waals surface area contributed by atoms with Gasteiger partial charge in [0.2, 0.25) is 0 Å². The van der Waals surface area contributed by atoms with Crippen molar-refractivity contribution in [3.05, 3.63) is 0 Å². The van der Waals surface area contributed by atoms with Crippen LogP contribution in [0.25, 0.3) is 0 Å². The minimum Gasteiger partial charge on any atom is -0.479 e. The first-order chi connectivity index (χ1) is 8.92. The van der Waals surface area contributed by atoms with Crippen LogP contribution >= 0.6 is 0 Å². The van der Waals surface area contributed by atoms with E-state index in [1.165, 1.54) is 6.92 Å². The van der Waals surface area contributed by atoms with Crippen LogP contribution in [0.15, 0.2) is 0 Å². The number of aliphatic hydroxyl groups excluding tert-OH is 3. The van der Waals surface area contributed by atoms with Gasteiger partial charge in [-0.05, 0) is 13.5 Å². The van der Waals surface area contributed by atoms with Gasteiger partial charge in [-0.3, -0.25) is 0 Å². The highest BCUT2D eigenvalue weighted by Gasteiger charge is 2.45. The Bertz CT molecular complexity index is 301. The average molecular weight is 279 g/mol. The van der Waals surface area contributed by atoms with Crippen LogP contribution in [0.5, 0.6) is 0 Å². The molecule has 0 radical (unpaired) electrons. The molecule has 1 heterocycles. The van der Waals surface area contributed by atoms with Gasteiger partial charge < -0.3 is 35.2 Å². The Balaban J connectivity index is 2.85. The fraction of sp³-hybridized carbons (Fsp3) is 0.909. The molecule has 0 aromatic carbocycles. The molecule has 0 amide bonds. The maximum absolute atomic E-state index is 10.8. The van der Waals surface area contributed by atoms with E-state index in [9.17, 15) is 15.0 Å². The number of hydrogen-bond donors (Lipinski definition) is 5. The second kappa shape index (κ2) is 7.13. The summed E-state index contributed by atoms with van der Waals surface area (Å²) in [5, 5.41) is 40.6. The van der Waals surface area contributed by atoms with Gasteiger partial charge in [0.05, 0.1) is 12.6 Å². The first-order valence-electron chi connectivity index (χ1n) is 6.16. The lowest BCUT2D eigenvalue weighted by Crippen LogP contribution is -2.64. The van der Waals surface area contributed by atoms with Crippen LogP contribution in [0, 0.1) is 0 Å². The number of carbonyl (C=O) groups is 1. The predicted octanol–water partition coefficient (Wildman–Crippen LogP) is -2.11. The van der Waals surface area contributed by atoms with E-state index >= 15 is 0 Å². The highest BCUT2D eigenvalue weighted by molar-refractivity contribution is 5.71. The molecule has 1 saturated heterocycles. The number of nitrogens with one attached hydrogen (secondary N) is 1. The smallest absolute Gasteiger partial charge is 0.332 e. The average Bonchev–Trinajstić information content (AvgIpc) is 2.37. The van der Waals surface area contributed by atoms with Gasteiger partial charge in [-0.25, -0.2) is 4.79 Å². The summed E-state index contributed by atoms with van der Waals surface area (Å²) < 4.78 is 10.3. The van der Waals surface area contributed by atoms with E-state index in [1.807, 2.05) is 0 Å². The number of carboxylic acid groups (broad SMARTS) is 1. The fourth-order valence-electron chi connectivity index (χ4n) is 1.99. The van der Waals surface area contributed by atoms with Crippen molar-refractivity contribution in [2.75, 3.05) is 13.2 Å². The lowest BCUT2D eigenvalue weighted by molar-refractivity contribution is -0.268. The van der Waals surface area contributed by atoms with Crippen LogP contribution in [-0.2, 0) is 14.3 Å². The van der Waals surface area contributed by atoms with Crippen LogP contribution in [0.3, 0.4) is 0 Å². The molecular formula is C11H21NO7. The topological polar surface area (TPSA) is 128 Å².